The number of esters is 4. The quantitative estimate of drug-likeness (QED) is 0.412. The molecule has 2 aliphatic rings. The molecule has 2 rings (SSSR count). The van der Waals surface area contributed by atoms with Crippen LogP contribution in [0.3, 0.4) is 0 Å². The van der Waals surface area contributed by atoms with Crippen LogP contribution in [0, 0.1) is 0 Å². The molecular weight excluding hydrogens is 400 g/mol. The van der Waals surface area contributed by atoms with Crippen molar-refractivity contribution in [3.63, 3.8) is 0 Å². The van der Waals surface area contributed by atoms with E-state index in [0.29, 0.717) is 0 Å². The fourth-order valence-corrected chi connectivity index (χ4v) is 3.70. The Hall–Kier alpha value is -2.20. The summed E-state index contributed by atoms with van der Waals surface area (Å²) in [6, 6.07) is 0. The Morgan fingerprint density at radius 1 is 0.833 bits per heavy atom. The van der Waals surface area contributed by atoms with E-state index in [1.165, 1.54) is 27.7 Å². The Balaban J connectivity index is 2.28. The zero-order chi connectivity index (χ0) is 22.3. The Labute approximate surface area is 175 Å². The zero-order valence-electron chi connectivity index (χ0n) is 17.8. The number of carbonyl (C=O) groups excluding carboxylic acids is 4. The molecule has 30 heavy (non-hydrogen) atoms. The molecule has 10 nitrogen and oxygen atoms in total. The van der Waals surface area contributed by atoms with Gasteiger partial charge in [0.05, 0.1) is 6.10 Å². The van der Waals surface area contributed by atoms with Crippen molar-refractivity contribution in [1.82, 2.24) is 0 Å². The molecule has 1 aliphatic heterocycles. The van der Waals surface area contributed by atoms with E-state index in [0.717, 1.165) is 32.1 Å². The lowest BCUT2D eigenvalue weighted by molar-refractivity contribution is -0.217. The van der Waals surface area contributed by atoms with E-state index in [1.54, 1.807) is 0 Å². The number of hydrogen-bond acceptors (Lipinski definition) is 10. The SMILES string of the molecule is CC(=O)OC[C@@H](OC(C)=O)[C@@H]1O[C@@H](OC2CCCCC2)[C@H](OC(C)=O)[C@H]1OC(C)=O. The number of carbonyl (C=O) groups is 4. The third-order valence-corrected chi connectivity index (χ3v) is 4.82. The minimum absolute atomic E-state index is 0.0980. The van der Waals surface area contributed by atoms with Gasteiger partial charge in [-0.1, -0.05) is 19.3 Å². The molecule has 5 atom stereocenters. The molecule has 1 saturated heterocycles. The van der Waals surface area contributed by atoms with Crippen molar-refractivity contribution < 1.29 is 47.6 Å². The van der Waals surface area contributed by atoms with Crippen molar-refractivity contribution in [2.24, 2.45) is 0 Å². The fraction of sp³-hybridized carbons (Fsp3) is 0.800. The molecule has 0 spiro atoms. The monoisotopic (exact) mass is 430 g/mol. The summed E-state index contributed by atoms with van der Waals surface area (Å²) in [5.41, 5.74) is 0. The first-order valence-corrected chi connectivity index (χ1v) is 10.1. The van der Waals surface area contributed by atoms with Gasteiger partial charge in [-0.15, -0.1) is 0 Å². The molecule has 1 heterocycles. The van der Waals surface area contributed by atoms with Gasteiger partial charge in [0.25, 0.3) is 0 Å². The lowest BCUT2D eigenvalue weighted by Crippen LogP contribution is -2.47. The summed E-state index contributed by atoms with van der Waals surface area (Å²) in [5.74, 6) is -2.47. The molecule has 0 amide bonds. The van der Waals surface area contributed by atoms with Gasteiger partial charge in [-0.3, -0.25) is 19.2 Å². The molecule has 0 unspecified atom stereocenters. The van der Waals surface area contributed by atoms with Gasteiger partial charge in [0.15, 0.2) is 24.6 Å². The molecule has 10 heteroatoms. The molecule has 2 fully saturated rings. The molecule has 0 radical (unpaired) electrons. The average molecular weight is 430 g/mol. The number of rotatable bonds is 8. The van der Waals surface area contributed by atoms with Crippen molar-refractivity contribution in [3.8, 4) is 0 Å². The Bertz CT molecular complexity index is 627. The molecule has 170 valence electrons. The van der Waals surface area contributed by atoms with Gasteiger partial charge in [0.1, 0.15) is 12.7 Å². The van der Waals surface area contributed by atoms with E-state index in [1.807, 2.05) is 0 Å². The molecule has 1 aliphatic carbocycles. The van der Waals surface area contributed by atoms with E-state index < -0.39 is 54.6 Å². The highest BCUT2D eigenvalue weighted by Crippen LogP contribution is 2.34. The lowest BCUT2D eigenvalue weighted by atomic mass is 9.97. The fourth-order valence-electron chi connectivity index (χ4n) is 3.70. The van der Waals surface area contributed by atoms with E-state index >= 15 is 0 Å². The average Bonchev–Trinajstić information content (AvgIpc) is 2.95. The summed E-state index contributed by atoms with van der Waals surface area (Å²) in [7, 11) is 0. The van der Waals surface area contributed by atoms with E-state index in [2.05, 4.69) is 0 Å². The van der Waals surface area contributed by atoms with Gasteiger partial charge >= 0.3 is 23.9 Å². The largest absolute Gasteiger partial charge is 0.462 e. The van der Waals surface area contributed by atoms with Gasteiger partial charge in [0, 0.05) is 27.7 Å². The van der Waals surface area contributed by atoms with Crippen LogP contribution < -0.4 is 0 Å². The molecule has 0 N–H and O–H groups in total. The van der Waals surface area contributed by atoms with Gasteiger partial charge in [-0.2, -0.15) is 0 Å². The van der Waals surface area contributed by atoms with Crippen LogP contribution in [-0.4, -0.2) is 67.3 Å². The minimum Gasteiger partial charge on any atom is -0.462 e. The van der Waals surface area contributed by atoms with Crippen LogP contribution in [-0.2, 0) is 47.6 Å². The smallest absolute Gasteiger partial charge is 0.303 e. The second-order valence-electron chi connectivity index (χ2n) is 7.46. The Morgan fingerprint density at radius 2 is 1.43 bits per heavy atom. The molecule has 0 aromatic carbocycles. The first-order chi connectivity index (χ1) is 14.2. The van der Waals surface area contributed by atoms with Crippen LogP contribution in [0.25, 0.3) is 0 Å². The summed E-state index contributed by atoms with van der Waals surface area (Å²) < 4.78 is 33.0. The summed E-state index contributed by atoms with van der Waals surface area (Å²) in [6.45, 7) is 4.50. The normalized spacial score (nSPS) is 27.7. The maximum absolute atomic E-state index is 11.7. The van der Waals surface area contributed by atoms with E-state index in [4.69, 9.17) is 28.4 Å². The van der Waals surface area contributed by atoms with Crippen molar-refractivity contribution in [3.05, 3.63) is 0 Å². The van der Waals surface area contributed by atoms with Crippen LogP contribution in [0.2, 0.25) is 0 Å². The summed E-state index contributed by atoms with van der Waals surface area (Å²) in [5, 5.41) is 0. The maximum atomic E-state index is 11.7. The summed E-state index contributed by atoms with van der Waals surface area (Å²) in [4.78, 5) is 46.3. The van der Waals surface area contributed by atoms with E-state index in [-0.39, 0.29) is 12.7 Å². The number of ether oxygens (including phenoxy) is 6. The van der Waals surface area contributed by atoms with Gasteiger partial charge in [-0.25, -0.2) is 0 Å². The van der Waals surface area contributed by atoms with Crippen molar-refractivity contribution in [1.29, 1.82) is 0 Å². The van der Waals surface area contributed by atoms with E-state index in [9.17, 15) is 19.2 Å². The zero-order valence-corrected chi connectivity index (χ0v) is 17.8. The van der Waals surface area contributed by atoms with Gasteiger partial charge in [-0.05, 0) is 12.8 Å². The number of hydrogen-bond donors (Lipinski definition) is 0. The highest BCUT2D eigenvalue weighted by Gasteiger charge is 2.54. The van der Waals surface area contributed by atoms with Gasteiger partial charge in [0.2, 0.25) is 0 Å². The van der Waals surface area contributed by atoms with Gasteiger partial charge < -0.3 is 28.4 Å². The lowest BCUT2D eigenvalue weighted by Gasteiger charge is -2.28. The van der Waals surface area contributed by atoms with Crippen molar-refractivity contribution in [2.75, 3.05) is 6.61 Å². The van der Waals surface area contributed by atoms with Crippen LogP contribution in [0.5, 0.6) is 0 Å². The van der Waals surface area contributed by atoms with Crippen LogP contribution in [0.1, 0.15) is 59.8 Å². The van der Waals surface area contributed by atoms with Crippen LogP contribution in [0.15, 0.2) is 0 Å². The van der Waals surface area contributed by atoms with Crippen molar-refractivity contribution >= 4 is 23.9 Å². The Morgan fingerprint density at radius 3 is 1.97 bits per heavy atom. The highest BCUT2D eigenvalue weighted by atomic mass is 16.7. The Kier molecular flexibility index (Phi) is 9.04. The molecular formula is C20H30O10. The predicted molar refractivity (Wildman–Crippen MR) is 99.9 cm³/mol. The molecule has 0 bridgehead atoms. The predicted octanol–water partition coefficient (Wildman–Crippen LogP) is 1.42. The molecule has 0 aromatic heterocycles. The topological polar surface area (TPSA) is 124 Å². The first kappa shape index (κ1) is 24.1. The second-order valence-corrected chi connectivity index (χ2v) is 7.46. The third kappa shape index (κ3) is 7.24. The summed E-state index contributed by atoms with van der Waals surface area (Å²) >= 11 is 0. The highest BCUT2D eigenvalue weighted by molar-refractivity contribution is 5.68. The summed E-state index contributed by atoms with van der Waals surface area (Å²) in [6.07, 6.45) is -0.649. The minimum atomic E-state index is -1.11. The van der Waals surface area contributed by atoms with Crippen molar-refractivity contribution in [2.45, 2.75) is 96.6 Å². The third-order valence-electron chi connectivity index (χ3n) is 4.82. The maximum Gasteiger partial charge on any atom is 0.303 e. The first-order valence-electron chi connectivity index (χ1n) is 10.1. The van der Waals surface area contributed by atoms with Crippen LogP contribution >= 0.6 is 0 Å². The molecule has 0 aromatic rings. The van der Waals surface area contributed by atoms with Crippen LogP contribution in [0.4, 0.5) is 0 Å². The second kappa shape index (κ2) is 11.3. The molecule has 1 saturated carbocycles. The standard InChI is InChI=1S/C20H30O10/c1-11(21)25-10-16(26-12(2)22)17-18(27-13(3)23)19(28-14(4)24)20(30-17)29-15-8-6-5-7-9-15/h15-20H,5-10H2,1-4H3/t16-,17+,18+,19-,20-/m1/s1.